The Morgan fingerprint density at radius 2 is 2.12 bits per heavy atom. The second-order valence-electron chi connectivity index (χ2n) is 3.00. The number of nitrogens with zero attached hydrogens (tertiary/aromatic N) is 4. The molecule has 0 aliphatic rings. The van der Waals surface area contributed by atoms with Crippen molar-refractivity contribution in [3.8, 4) is 0 Å². The van der Waals surface area contributed by atoms with Gasteiger partial charge in [-0.2, -0.15) is 10.2 Å². The quantitative estimate of drug-likeness (QED) is 0.495. The topological polar surface area (TPSA) is 102 Å². The number of rotatable bonds is 4. The molecular weight excluding hydrogens is 206 g/mol. The lowest BCUT2D eigenvalue weighted by molar-refractivity contribution is 0.919. The van der Waals surface area contributed by atoms with Crippen LogP contribution in [0, 0.1) is 0 Å². The first-order chi connectivity index (χ1) is 7.88. The highest BCUT2D eigenvalue weighted by Gasteiger charge is 1.98. The second-order valence-corrected chi connectivity index (χ2v) is 3.00. The van der Waals surface area contributed by atoms with Crippen molar-refractivity contribution < 1.29 is 0 Å². The zero-order valence-electron chi connectivity index (χ0n) is 8.46. The molecule has 0 aliphatic carbocycles. The molecule has 2 aromatic heterocycles. The van der Waals surface area contributed by atoms with E-state index >= 15 is 0 Å². The van der Waals surface area contributed by atoms with Gasteiger partial charge in [0.05, 0.1) is 24.6 Å². The summed E-state index contributed by atoms with van der Waals surface area (Å²) in [7, 11) is 0. The minimum absolute atomic E-state index is 0.504. The highest BCUT2D eigenvalue weighted by Crippen LogP contribution is 2.06. The number of anilines is 2. The van der Waals surface area contributed by atoms with Crippen molar-refractivity contribution in [1.82, 2.24) is 20.2 Å². The minimum Gasteiger partial charge on any atom is -0.363 e. The lowest BCUT2D eigenvalue weighted by Crippen LogP contribution is -2.10. The van der Waals surface area contributed by atoms with Crippen LogP contribution in [0.1, 0.15) is 5.69 Å². The second kappa shape index (κ2) is 4.99. The summed E-state index contributed by atoms with van der Waals surface area (Å²) in [6.45, 7) is 0.538. The molecule has 0 atom stereocenters. The molecule has 0 aliphatic heterocycles. The average Bonchev–Trinajstić information content (AvgIpc) is 2.38. The summed E-state index contributed by atoms with van der Waals surface area (Å²) in [4.78, 5) is 8.11. The zero-order valence-corrected chi connectivity index (χ0v) is 8.46. The molecule has 0 saturated carbocycles. The number of hydrazine groups is 1. The van der Waals surface area contributed by atoms with Crippen LogP contribution < -0.4 is 16.6 Å². The maximum atomic E-state index is 5.22. The van der Waals surface area contributed by atoms with Crippen LogP contribution >= 0.6 is 0 Å². The molecule has 0 unspecified atom stereocenters. The molecule has 7 heteroatoms. The highest BCUT2D eigenvalue weighted by atomic mass is 15.3. The lowest BCUT2D eigenvalue weighted by atomic mass is 10.4. The smallest absolute Gasteiger partial charge is 0.160 e. The first-order valence-electron chi connectivity index (χ1n) is 4.67. The van der Waals surface area contributed by atoms with Crippen molar-refractivity contribution in [2.45, 2.75) is 6.54 Å². The first kappa shape index (κ1) is 10.2. The Kier molecular flexibility index (Phi) is 3.19. The van der Waals surface area contributed by atoms with Gasteiger partial charge in [0.25, 0.3) is 0 Å². The largest absolute Gasteiger partial charge is 0.363 e. The van der Waals surface area contributed by atoms with E-state index in [2.05, 4.69) is 30.9 Å². The van der Waals surface area contributed by atoms with E-state index in [0.29, 0.717) is 18.2 Å². The van der Waals surface area contributed by atoms with Gasteiger partial charge in [-0.05, 0) is 12.1 Å². The van der Waals surface area contributed by atoms with Gasteiger partial charge >= 0.3 is 0 Å². The summed E-state index contributed by atoms with van der Waals surface area (Å²) in [6.07, 6.45) is 4.77. The molecule has 0 fully saturated rings. The molecule has 7 nitrogen and oxygen atoms in total. The number of nitrogens with two attached hydrogens (primary N) is 1. The Hall–Kier alpha value is -2.28. The SMILES string of the molecule is NNc1cncc(NCc2cccnn2)n1. The predicted molar refractivity (Wildman–Crippen MR) is 59.2 cm³/mol. The van der Waals surface area contributed by atoms with Gasteiger partial charge in [-0.1, -0.05) is 0 Å². The van der Waals surface area contributed by atoms with E-state index < -0.39 is 0 Å². The van der Waals surface area contributed by atoms with Crippen LogP contribution in [-0.4, -0.2) is 20.2 Å². The van der Waals surface area contributed by atoms with Crippen LogP contribution in [0.5, 0.6) is 0 Å². The van der Waals surface area contributed by atoms with Gasteiger partial charge < -0.3 is 10.7 Å². The van der Waals surface area contributed by atoms with E-state index in [1.54, 1.807) is 12.4 Å². The van der Waals surface area contributed by atoms with Gasteiger partial charge in [0.2, 0.25) is 0 Å². The van der Waals surface area contributed by atoms with Gasteiger partial charge in [-0.25, -0.2) is 10.8 Å². The molecule has 82 valence electrons. The fourth-order valence-corrected chi connectivity index (χ4v) is 1.13. The van der Waals surface area contributed by atoms with E-state index in [1.165, 1.54) is 6.20 Å². The maximum Gasteiger partial charge on any atom is 0.160 e. The van der Waals surface area contributed by atoms with Gasteiger partial charge in [0.15, 0.2) is 5.82 Å². The van der Waals surface area contributed by atoms with Gasteiger partial charge in [-0.15, -0.1) is 0 Å². The van der Waals surface area contributed by atoms with E-state index in [1.807, 2.05) is 12.1 Å². The van der Waals surface area contributed by atoms with Crippen LogP contribution in [0.4, 0.5) is 11.6 Å². The number of nitrogen functional groups attached to an aromatic ring is 1. The molecule has 2 heterocycles. The third-order valence-corrected chi connectivity index (χ3v) is 1.86. The lowest BCUT2D eigenvalue weighted by Gasteiger charge is -2.05. The fourth-order valence-electron chi connectivity index (χ4n) is 1.13. The number of hydrogen-bond donors (Lipinski definition) is 3. The molecule has 2 rings (SSSR count). The minimum atomic E-state index is 0.504. The molecular formula is C9H11N7. The number of aromatic nitrogens is 4. The Balaban J connectivity index is 1.99. The Bertz CT molecular complexity index is 445. The van der Waals surface area contributed by atoms with Crippen molar-refractivity contribution in [2.24, 2.45) is 5.84 Å². The van der Waals surface area contributed by atoms with Crippen molar-refractivity contribution >= 4 is 11.6 Å². The van der Waals surface area contributed by atoms with Crippen molar-refractivity contribution in [3.05, 3.63) is 36.4 Å². The van der Waals surface area contributed by atoms with Crippen molar-refractivity contribution in [1.29, 1.82) is 0 Å². The molecule has 0 radical (unpaired) electrons. The molecule has 4 N–H and O–H groups in total. The third kappa shape index (κ3) is 2.61. The normalized spacial score (nSPS) is 9.81. The van der Waals surface area contributed by atoms with Crippen molar-refractivity contribution in [2.75, 3.05) is 10.7 Å². The molecule has 0 amide bonds. The predicted octanol–water partition coefficient (Wildman–Crippen LogP) is 0.164. The van der Waals surface area contributed by atoms with Crippen LogP contribution in [0.15, 0.2) is 30.7 Å². The summed E-state index contributed by atoms with van der Waals surface area (Å²) >= 11 is 0. The van der Waals surface area contributed by atoms with E-state index in [0.717, 1.165) is 5.69 Å². The van der Waals surface area contributed by atoms with Gasteiger partial charge in [-0.3, -0.25) is 4.98 Å². The van der Waals surface area contributed by atoms with E-state index in [4.69, 9.17) is 5.84 Å². The summed E-state index contributed by atoms with van der Waals surface area (Å²) in [5, 5.41) is 10.8. The molecule has 0 bridgehead atoms. The summed E-state index contributed by atoms with van der Waals surface area (Å²) < 4.78 is 0. The molecule has 0 aromatic carbocycles. The summed E-state index contributed by atoms with van der Waals surface area (Å²) in [5.74, 6) is 6.35. The van der Waals surface area contributed by atoms with E-state index in [-0.39, 0.29) is 0 Å². The first-order valence-corrected chi connectivity index (χ1v) is 4.67. The molecule has 2 aromatic rings. The van der Waals surface area contributed by atoms with Crippen LogP contribution in [0.25, 0.3) is 0 Å². The highest BCUT2D eigenvalue weighted by molar-refractivity contribution is 5.40. The maximum absolute atomic E-state index is 5.22. The molecule has 16 heavy (non-hydrogen) atoms. The molecule has 0 spiro atoms. The van der Waals surface area contributed by atoms with Crippen LogP contribution in [0.2, 0.25) is 0 Å². The average molecular weight is 217 g/mol. The zero-order chi connectivity index (χ0) is 11.2. The van der Waals surface area contributed by atoms with Crippen LogP contribution in [0.3, 0.4) is 0 Å². The standard InChI is InChI=1S/C9H11N7/c10-15-9-6-11-5-8(14-9)12-4-7-2-1-3-13-16-7/h1-3,5-6H,4,10H2,(H2,12,14,15). The fraction of sp³-hybridized carbons (Fsp3) is 0.111. The van der Waals surface area contributed by atoms with Gasteiger partial charge in [0.1, 0.15) is 5.82 Å². The third-order valence-electron chi connectivity index (χ3n) is 1.86. The van der Waals surface area contributed by atoms with E-state index in [9.17, 15) is 0 Å². The Labute approximate surface area is 92.1 Å². The van der Waals surface area contributed by atoms with Crippen LogP contribution in [-0.2, 0) is 6.54 Å². The number of hydrogen-bond acceptors (Lipinski definition) is 7. The number of nitrogens with one attached hydrogen (secondary N) is 2. The van der Waals surface area contributed by atoms with Gasteiger partial charge in [0, 0.05) is 6.20 Å². The monoisotopic (exact) mass is 217 g/mol. The Morgan fingerprint density at radius 1 is 1.25 bits per heavy atom. The Morgan fingerprint density at radius 3 is 2.88 bits per heavy atom. The summed E-state index contributed by atoms with van der Waals surface area (Å²) in [5.41, 5.74) is 3.25. The van der Waals surface area contributed by atoms with Crippen molar-refractivity contribution in [3.63, 3.8) is 0 Å². The molecule has 0 saturated heterocycles. The summed E-state index contributed by atoms with van der Waals surface area (Å²) in [6, 6.07) is 3.70.